The molecule has 4 aromatic heterocycles. The lowest BCUT2D eigenvalue weighted by atomic mass is 10.2. The predicted molar refractivity (Wildman–Crippen MR) is 119 cm³/mol. The van der Waals surface area contributed by atoms with Crippen LogP contribution < -0.4 is 21.2 Å². The number of carbonyl (C=O) groups is 1. The van der Waals surface area contributed by atoms with Crippen molar-refractivity contribution < 1.29 is 4.79 Å². The molecule has 11 heteroatoms. The number of thiazole rings is 1. The number of piperazine rings is 1. The largest absolute Gasteiger partial charge is 0.367 e. The molecule has 10 nitrogen and oxygen atoms in total. The summed E-state index contributed by atoms with van der Waals surface area (Å²) in [6.45, 7) is 3.48. The highest BCUT2D eigenvalue weighted by Crippen LogP contribution is 2.26. The van der Waals surface area contributed by atoms with E-state index in [1.807, 2.05) is 12.1 Å². The first-order chi connectivity index (χ1) is 15.1. The average Bonchev–Trinajstić information content (AvgIpc) is 3.38. The SMILES string of the molecule is Cn1c(=O)n(-c2nc(C(=O)Nc3cnccc3N3CCNCC3)cs2)c2ncccc21. The maximum atomic E-state index is 12.9. The number of fused-ring (bicyclic) bond motifs is 1. The number of carbonyl (C=O) groups excluding carboxylic acids is 1. The highest BCUT2D eigenvalue weighted by molar-refractivity contribution is 7.12. The van der Waals surface area contributed by atoms with Gasteiger partial charge in [-0.05, 0) is 18.2 Å². The Bertz CT molecular complexity index is 1320. The molecule has 0 aliphatic carbocycles. The van der Waals surface area contributed by atoms with E-state index in [2.05, 4.69) is 30.5 Å². The van der Waals surface area contributed by atoms with Crippen molar-refractivity contribution in [3.63, 3.8) is 0 Å². The Kier molecular flexibility index (Phi) is 4.96. The average molecular weight is 437 g/mol. The Morgan fingerprint density at radius 3 is 2.90 bits per heavy atom. The summed E-state index contributed by atoms with van der Waals surface area (Å²) in [5, 5.41) is 8.27. The van der Waals surface area contributed by atoms with E-state index < -0.39 is 0 Å². The smallest absolute Gasteiger partial charge is 0.336 e. The van der Waals surface area contributed by atoms with Crippen LogP contribution in [0.5, 0.6) is 0 Å². The molecular weight excluding hydrogens is 416 g/mol. The summed E-state index contributed by atoms with van der Waals surface area (Å²) in [6.07, 6.45) is 4.98. The van der Waals surface area contributed by atoms with Crippen molar-refractivity contribution >= 4 is 39.8 Å². The lowest BCUT2D eigenvalue weighted by molar-refractivity contribution is 0.102. The first-order valence-corrected chi connectivity index (χ1v) is 10.7. The van der Waals surface area contributed by atoms with E-state index >= 15 is 0 Å². The third-order valence-corrected chi connectivity index (χ3v) is 6.06. The summed E-state index contributed by atoms with van der Waals surface area (Å²) < 4.78 is 2.94. The minimum absolute atomic E-state index is 0.231. The molecule has 0 aromatic carbocycles. The fourth-order valence-electron chi connectivity index (χ4n) is 3.66. The van der Waals surface area contributed by atoms with Crippen LogP contribution in [0.4, 0.5) is 11.4 Å². The van der Waals surface area contributed by atoms with Crippen LogP contribution in [-0.2, 0) is 7.05 Å². The number of hydrogen-bond donors (Lipinski definition) is 2. The molecule has 5 heterocycles. The lowest BCUT2D eigenvalue weighted by Gasteiger charge is -2.30. The van der Waals surface area contributed by atoms with Crippen molar-refractivity contribution in [1.82, 2.24) is 29.4 Å². The first kappa shape index (κ1) is 19.4. The van der Waals surface area contributed by atoms with E-state index in [-0.39, 0.29) is 17.3 Å². The van der Waals surface area contributed by atoms with E-state index in [0.717, 1.165) is 31.9 Å². The molecule has 0 unspecified atom stereocenters. The van der Waals surface area contributed by atoms with Crippen molar-refractivity contribution in [1.29, 1.82) is 0 Å². The molecule has 31 heavy (non-hydrogen) atoms. The van der Waals surface area contributed by atoms with Crippen molar-refractivity contribution in [3.8, 4) is 5.13 Å². The molecule has 2 N–H and O–H groups in total. The van der Waals surface area contributed by atoms with Crippen LogP contribution in [-0.4, -0.2) is 56.2 Å². The van der Waals surface area contributed by atoms with Gasteiger partial charge in [0.2, 0.25) is 0 Å². The summed E-state index contributed by atoms with van der Waals surface area (Å²) in [5.74, 6) is -0.354. The maximum Gasteiger partial charge on any atom is 0.336 e. The molecule has 1 aliphatic heterocycles. The second-order valence-electron chi connectivity index (χ2n) is 7.12. The van der Waals surface area contributed by atoms with E-state index in [1.54, 1.807) is 37.1 Å². The lowest BCUT2D eigenvalue weighted by Crippen LogP contribution is -2.43. The van der Waals surface area contributed by atoms with E-state index in [0.29, 0.717) is 22.0 Å². The minimum Gasteiger partial charge on any atom is -0.367 e. The zero-order valence-corrected chi connectivity index (χ0v) is 17.6. The number of amides is 1. The molecule has 1 aliphatic rings. The number of rotatable bonds is 4. The molecule has 0 bridgehead atoms. The third-order valence-electron chi connectivity index (χ3n) is 5.24. The molecule has 4 aromatic rings. The molecule has 0 saturated carbocycles. The number of pyridine rings is 2. The van der Waals surface area contributed by atoms with Crippen molar-refractivity contribution in [3.05, 3.63) is 58.3 Å². The van der Waals surface area contributed by atoms with Gasteiger partial charge in [0.15, 0.2) is 10.8 Å². The van der Waals surface area contributed by atoms with Crippen LogP contribution in [0, 0.1) is 0 Å². The van der Waals surface area contributed by atoms with Gasteiger partial charge in [0.25, 0.3) is 5.91 Å². The second kappa shape index (κ2) is 7.93. The molecule has 0 radical (unpaired) electrons. The third kappa shape index (κ3) is 3.47. The predicted octanol–water partition coefficient (Wildman–Crippen LogP) is 1.24. The number of nitrogens with one attached hydrogen (secondary N) is 2. The van der Waals surface area contributed by atoms with Crippen molar-refractivity contribution in [2.75, 3.05) is 36.4 Å². The monoisotopic (exact) mass is 436 g/mol. The highest BCUT2D eigenvalue weighted by Gasteiger charge is 2.20. The van der Waals surface area contributed by atoms with Gasteiger partial charge in [-0.25, -0.2) is 19.3 Å². The number of hydrogen-bond acceptors (Lipinski definition) is 8. The van der Waals surface area contributed by atoms with Gasteiger partial charge in [-0.1, -0.05) is 0 Å². The van der Waals surface area contributed by atoms with E-state index in [4.69, 9.17) is 0 Å². The number of nitrogens with zero attached hydrogens (tertiary/aromatic N) is 6. The molecule has 1 fully saturated rings. The van der Waals surface area contributed by atoms with E-state index in [9.17, 15) is 9.59 Å². The summed E-state index contributed by atoms with van der Waals surface area (Å²) in [6, 6.07) is 5.49. The topological polar surface area (TPSA) is 110 Å². The fourth-order valence-corrected chi connectivity index (χ4v) is 4.46. The van der Waals surface area contributed by atoms with Crippen molar-refractivity contribution in [2.24, 2.45) is 7.05 Å². The Labute approximate surface area is 181 Å². The Morgan fingerprint density at radius 1 is 1.23 bits per heavy atom. The summed E-state index contributed by atoms with van der Waals surface area (Å²) in [7, 11) is 1.68. The Morgan fingerprint density at radius 2 is 2.06 bits per heavy atom. The van der Waals surface area contributed by atoms with Gasteiger partial charge in [0.05, 0.1) is 23.1 Å². The van der Waals surface area contributed by atoms with E-state index in [1.165, 1.54) is 20.5 Å². The quantitative estimate of drug-likeness (QED) is 0.495. The fraction of sp³-hybridized carbons (Fsp3) is 0.250. The zero-order valence-electron chi connectivity index (χ0n) is 16.8. The summed E-state index contributed by atoms with van der Waals surface area (Å²) in [5.41, 5.74) is 2.73. The minimum atomic E-state index is -0.354. The summed E-state index contributed by atoms with van der Waals surface area (Å²) >= 11 is 1.22. The molecular formula is C20H20N8O2S. The molecule has 0 atom stereocenters. The van der Waals surface area contributed by atoms with Crippen LogP contribution in [0.2, 0.25) is 0 Å². The standard InChI is InChI=1S/C20H20N8O2S/c1-26-16-3-2-5-23-17(16)28(20(26)30)19-25-14(12-31-19)18(29)24-13-11-22-6-4-15(13)27-9-7-21-8-10-27/h2-6,11-12,21H,7-10H2,1H3,(H,24,29). The number of anilines is 2. The van der Waals surface area contributed by atoms with Gasteiger partial charge in [-0.3, -0.25) is 14.3 Å². The van der Waals surface area contributed by atoms with Crippen LogP contribution in [0.1, 0.15) is 10.5 Å². The van der Waals surface area contributed by atoms with Crippen molar-refractivity contribution in [2.45, 2.75) is 0 Å². The zero-order chi connectivity index (χ0) is 21.4. The molecule has 158 valence electrons. The molecule has 5 rings (SSSR count). The van der Waals surface area contributed by atoms with Crippen LogP contribution in [0.3, 0.4) is 0 Å². The molecule has 0 spiro atoms. The highest BCUT2D eigenvalue weighted by atomic mass is 32.1. The maximum absolute atomic E-state index is 12.9. The first-order valence-electron chi connectivity index (χ1n) is 9.83. The summed E-state index contributed by atoms with van der Waals surface area (Å²) in [4.78, 5) is 40.7. The van der Waals surface area contributed by atoms with Gasteiger partial charge in [0, 0.05) is 51.0 Å². The number of aromatic nitrogens is 5. The molecule has 1 saturated heterocycles. The van der Waals surface area contributed by atoms with Gasteiger partial charge in [-0.2, -0.15) is 0 Å². The number of imidazole rings is 1. The van der Waals surface area contributed by atoms with Crippen LogP contribution in [0.25, 0.3) is 16.3 Å². The second-order valence-corrected chi connectivity index (χ2v) is 7.96. The van der Waals surface area contributed by atoms with Gasteiger partial charge < -0.3 is 15.5 Å². The van der Waals surface area contributed by atoms with Crippen LogP contribution >= 0.6 is 11.3 Å². The molecule has 1 amide bonds. The normalized spacial score (nSPS) is 14.2. The van der Waals surface area contributed by atoms with Gasteiger partial charge in [0.1, 0.15) is 5.69 Å². The Hall–Kier alpha value is -3.57. The van der Waals surface area contributed by atoms with Gasteiger partial charge >= 0.3 is 5.69 Å². The number of aryl methyl sites for hydroxylation is 1. The van der Waals surface area contributed by atoms with Gasteiger partial charge in [-0.15, -0.1) is 11.3 Å². The van der Waals surface area contributed by atoms with Crippen LogP contribution in [0.15, 0.2) is 47.0 Å². The Balaban J connectivity index is 1.44.